The number of rotatable bonds is 4. The number of nitrogens with two attached hydrogens (primary N) is 1. The molecule has 0 aromatic heterocycles. The fourth-order valence-electron chi connectivity index (χ4n) is 1.83. The van der Waals surface area contributed by atoms with Gasteiger partial charge in [0.1, 0.15) is 6.54 Å². The number of aryl methyl sites for hydroxylation is 1. The molecule has 122 valence electrons. The minimum Gasteiger partial charge on any atom is -0.370 e. The smallest absolute Gasteiger partial charge is 0.246 e. The predicted molar refractivity (Wildman–Crippen MR) is 109 cm³/mol. The number of amides is 1. The van der Waals surface area contributed by atoms with Crippen LogP contribution in [0.4, 0.5) is 11.4 Å². The van der Waals surface area contributed by atoms with E-state index in [1.54, 1.807) is 6.07 Å². The minimum absolute atomic E-state index is 0. The van der Waals surface area contributed by atoms with Crippen molar-refractivity contribution in [3.05, 3.63) is 58.6 Å². The van der Waals surface area contributed by atoms with Gasteiger partial charge in [-0.15, -0.1) is 24.0 Å². The zero-order valence-corrected chi connectivity index (χ0v) is 16.5. The number of benzene rings is 2. The Kier molecular flexibility index (Phi) is 8.04. The maximum atomic E-state index is 11.8. The number of carbonyl (C=O) groups is 1. The molecule has 2 rings (SSSR count). The first-order chi connectivity index (χ1) is 10.5. The van der Waals surface area contributed by atoms with Crippen molar-refractivity contribution in [1.82, 2.24) is 0 Å². The van der Waals surface area contributed by atoms with Crippen molar-refractivity contribution < 1.29 is 4.79 Å². The molecule has 0 bridgehead atoms. The van der Waals surface area contributed by atoms with Crippen molar-refractivity contribution in [2.45, 2.75) is 6.92 Å². The van der Waals surface area contributed by atoms with Crippen molar-refractivity contribution in [3.8, 4) is 0 Å². The fraction of sp³-hybridized carbons (Fsp3) is 0.125. The summed E-state index contributed by atoms with van der Waals surface area (Å²) in [5, 5.41) is 5.70. The number of aliphatic imine (C=N–C) groups is 1. The summed E-state index contributed by atoms with van der Waals surface area (Å²) in [7, 11) is 0. The predicted octanol–water partition coefficient (Wildman–Crippen LogP) is 3.74. The molecular weight excluding hydrogens is 471 g/mol. The van der Waals surface area contributed by atoms with Gasteiger partial charge in [-0.3, -0.25) is 4.79 Å². The molecule has 0 fully saturated rings. The van der Waals surface area contributed by atoms with Gasteiger partial charge in [-0.05, 0) is 42.8 Å². The average Bonchev–Trinajstić information content (AvgIpc) is 2.45. The first-order valence-corrected chi connectivity index (χ1v) is 7.51. The molecule has 0 heterocycles. The lowest BCUT2D eigenvalue weighted by molar-refractivity contribution is -0.114. The summed E-state index contributed by atoms with van der Waals surface area (Å²) in [4.78, 5) is 15.8. The maximum Gasteiger partial charge on any atom is 0.246 e. The van der Waals surface area contributed by atoms with Gasteiger partial charge in [0.2, 0.25) is 5.91 Å². The van der Waals surface area contributed by atoms with E-state index in [-0.39, 0.29) is 42.4 Å². The quantitative estimate of drug-likeness (QED) is 0.348. The summed E-state index contributed by atoms with van der Waals surface area (Å²) in [6, 6.07) is 15.1. The third-order valence-corrected chi connectivity index (χ3v) is 3.29. The van der Waals surface area contributed by atoms with Crippen LogP contribution in [0.2, 0.25) is 0 Å². The number of nitrogens with zero attached hydrogens (tertiary/aromatic N) is 1. The molecule has 0 spiro atoms. The molecule has 0 radical (unpaired) electrons. The Hall–Kier alpha value is -1.61. The van der Waals surface area contributed by atoms with Crippen molar-refractivity contribution in [3.63, 3.8) is 0 Å². The van der Waals surface area contributed by atoms with E-state index in [0.717, 1.165) is 15.7 Å². The Bertz CT molecular complexity index is 706. The van der Waals surface area contributed by atoms with Crippen LogP contribution in [-0.4, -0.2) is 18.4 Å². The molecule has 0 saturated heterocycles. The molecule has 23 heavy (non-hydrogen) atoms. The van der Waals surface area contributed by atoms with Crippen LogP contribution in [-0.2, 0) is 4.79 Å². The van der Waals surface area contributed by atoms with Crippen LogP contribution in [0.5, 0.6) is 0 Å². The third-order valence-electron chi connectivity index (χ3n) is 2.79. The zero-order chi connectivity index (χ0) is 15.9. The number of carbonyl (C=O) groups excluding carboxylic acids is 1. The SMILES string of the molecule is Cc1cccc(NC(N)=NCC(=O)Nc2cccc(Br)c2)c1.I. The van der Waals surface area contributed by atoms with Gasteiger partial charge in [0.15, 0.2) is 5.96 Å². The summed E-state index contributed by atoms with van der Waals surface area (Å²) in [6.07, 6.45) is 0. The lowest BCUT2D eigenvalue weighted by Gasteiger charge is -2.07. The monoisotopic (exact) mass is 488 g/mol. The number of nitrogens with one attached hydrogen (secondary N) is 2. The van der Waals surface area contributed by atoms with Gasteiger partial charge in [0.05, 0.1) is 0 Å². The van der Waals surface area contributed by atoms with Gasteiger partial charge >= 0.3 is 0 Å². The van der Waals surface area contributed by atoms with Crippen LogP contribution >= 0.6 is 39.9 Å². The Morgan fingerprint density at radius 1 is 1.13 bits per heavy atom. The highest BCUT2D eigenvalue weighted by atomic mass is 127. The van der Waals surface area contributed by atoms with Crippen LogP contribution in [0.25, 0.3) is 0 Å². The van der Waals surface area contributed by atoms with Crippen LogP contribution in [0.3, 0.4) is 0 Å². The molecule has 0 aliphatic heterocycles. The molecule has 7 heteroatoms. The second kappa shape index (κ2) is 9.51. The van der Waals surface area contributed by atoms with E-state index in [9.17, 15) is 4.79 Å². The summed E-state index contributed by atoms with van der Waals surface area (Å²) in [5.74, 6) is -0.0258. The van der Waals surface area contributed by atoms with Gasteiger partial charge in [0.25, 0.3) is 0 Å². The Morgan fingerprint density at radius 3 is 2.43 bits per heavy atom. The molecule has 0 atom stereocenters. The molecule has 4 N–H and O–H groups in total. The number of guanidine groups is 1. The van der Waals surface area contributed by atoms with Crippen LogP contribution in [0, 0.1) is 6.92 Å². The lowest BCUT2D eigenvalue weighted by atomic mass is 10.2. The van der Waals surface area contributed by atoms with Crippen LogP contribution < -0.4 is 16.4 Å². The van der Waals surface area contributed by atoms with Crippen LogP contribution in [0.1, 0.15) is 5.56 Å². The molecule has 1 amide bonds. The van der Waals surface area contributed by atoms with E-state index >= 15 is 0 Å². The average molecular weight is 489 g/mol. The number of hydrogen-bond donors (Lipinski definition) is 3. The van der Waals surface area contributed by atoms with Gasteiger partial charge in [-0.25, -0.2) is 4.99 Å². The van der Waals surface area contributed by atoms with Crippen LogP contribution in [0.15, 0.2) is 58.0 Å². The molecule has 0 aliphatic rings. The van der Waals surface area contributed by atoms with E-state index in [2.05, 4.69) is 31.6 Å². The largest absolute Gasteiger partial charge is 0.370 e. The van der Waals surface area contributed by atoms with Gasteiger partial charge in [-0.2, -0.15) is 0 Å². The number of halogens is 2. The number of hydrogen-bond acceptors (Lipinski definition) is 2. The normalized spacial score (nSPS) is 10.6. The molecule has 0 saturated carbocycles. The summed E-state index contributed by atoms with van der Waals surface area (Å²) in [6.45, 7) is 1.95. The highest BCUT2D eigenvalue weighted by Crippen LogP contribution is 2.15. The Balaban J connectivity index is 0.00000264. The zero-order valence-electron chi connectivity index (χ0n) is 12.5. The molecule has 5 nitrogen and oxygen atoms in total. The second-order valence-corrected chi connectivity index (χ2v) is 5.67. The first-order valence-electron chi connectivity index (χ1n) is 6.72. The summed E-state index contributed by atoms with van der Waals surface area (Å²) < 4.78 is 0.898. The second-order valence-electron chi connectivity index (χ2n) is 4.75. The van der Waals surface area contributed by atoms with Crippen molar-refractivity contribution in [2.75, 3.05) is 17.2 Å². The fourth-order valence-corrected chi connectivity index (χ4v) is 2.23. The van der Waals surface area contributed by atoms with E-state index in [1.165, 1.54) is 0 Å². The Labute approximate surface area is 160 Å². The third kappa shape index (κ3) is 7.00. The van der Waals surface area contributed by atoms with Crippen molar-refractivity contribution in [1.29, 1.82) is 0 Å². The van der Waals surface area contributed by atoms with E-state index in [1.807, 2.05) is 49.4 Å². The highest BCUT2D eigenvalue weighted by Gasteiger charge is 2.02. The molecule has 2 aromatic carbocycles. The van der Waals surface area contributed by atoms with Gasteiger partial charge in [-0.1, -0.05) is 34.1 Å². The van der Waals surface area contributed by atoms with Crippen molar-refractivity contribution in [2.24, 2.45) is 10.7 Å². The van der Waals surface area contributed by atoms with Gasteiger partial charge < -0.3 is 16.4 Å². The van der Waals surface area contributed by atoms with Crippen molar-refractivity contribution >= 4 is 63.1 Å². The standard InChI is InChI=1S/C16H17BrN4O.HI/c1-11-4-2-6-13(8-11)21-16(18)19-10-15(22)20-14-7-3-5-12(17)9-14;/h2-9H,10H2,1H3,(H,20,22)(H3,18,19,21);1H. The Morgan fingerprint density at radius 2 is 1.78 bits per heavy atom. The topological polar surface area (TPSA) is 79.5 Å². The summed E-state index contributed by atoms with van der Waals surface area (Å²) >= 11 is 3.35. The van der Waals surface area contributed by atoms with E-state index in [4.69, 9.17) is 5.73 Å². The van der Waals surface area contributed by atoms with E-state index < -0.39 is 0 Å². The maximum absolute atomic E-state index is 11.8. The van der Waals surface area contributed by atoms with E-state index in [0.29, 0.717) is 5.69 Å². The lowest BCUT2D eigenvalue weighted by Crippen LogP contribution is -2.25. The minimum atomic E-state index is -0.230. The summed E-state index contributed by atoms with van der Waals surface area (Å²) in [5.41, 5.74) is 8.44. The van der Waals surface area contributed by atoms with Gasteiger partial charge in [0, 0.05) is 15.8 Å². The highest BCUT2D eigenvalue weighted by molar-refractivity contribution is 14.0. The first kappa shape index (κ1) is 19.4. The molecule has 0 aliphatic carbocycles. The molecular formula is C16H18BrIN4O. The molecule has 0 unspecified atom stereocenters. The molecule has 2 aromatic rings. The number of anilines is 2.